The van der Waals surface area contributed by atoms with Crippen molar-refractivity contribution in [1.29, 1.82) is 0 Å². The molecule has 0 spiro atoms. The van der Waals surface area contributed by atoms with Crippen molar-refractivity contribution < 1.29 is 0 Å². The Morgan fingerprint density at radius 3 is 2.42 bits per heavy atom. The molecular formula is C14H16N4S. The Hall–Kier alpha value is -1.88. The van der Waals surface area contributed by atoms with Crippen LogP contribution in [-0.2, 0) is 5.41 Å². The van der Waals surface area contributed by atoms with Crippen LogP contribution in [0.4, 0.5) is 5.82 Å². The van der Waals surface area contributed by atoms with Crippen LogP contribution < -0.4 is 5.73 Å². The zero-order valence-electron chi connectivity index (χ0n) is 11.2. The quantitative estimate of drug-likeness (QED) is 0.739. The molecule has 2 N–H and O–H groups in total. The SMILES string of the molecule is CC(C)(C)c1ccc(-c2nn3cc(N)nc3s2)cc1. The van der Waals surface area contributed by atoms with Gasteiger partial charge in [-0.1, -0.05) is 56.4 Å². The highest BCUT2D eigenvalue weighted by Crippen LogP contribution is 2.29. The molecule has 0 radical (unpaired) electrons. The summed E-state index contributed by atoms with van der Waals surface area (Å²) in [6.07, 6.45) is 1.73. The van der Waals surface area contributed by atoms with E-state index in [9.17, 15) is 0 Å². The largest absolute Gasteiger partial charge is 0.382 e. The van der Waals surface area contributed by atoms with E-state index < -0.39 is 0 Å². The number of hydrogen-bond donors (Lipinski definition) is 1. The number of nitrogens with zero attached hydrogens (tertiary/aromatic N) is 3. The van der Waals surface area contributed by atoms with E-state index >= 15 is 0 Å². The number of benzene rings is 1. The van der Waals surface area contributed by atoms with Crippen molar-refractivity contribution >= 4 is 22.1 Å². The molecule has 5 heteroatoms. The van der Waals surface area contributed by atoms with Crippen LogP contribution in [0.5, 0.6) is 0 Å². The van der Waals surface area contributed by atoms with Crippen molar-refractivity contribution in [2.24, 2.45) is 0 Å². The van der Waals surface area contributed by atoms with Gasteiger partial charge in [-0.3, -0.25) is 0 Å². The summed E-state index contributed by atoms with van der Waals surface area (Å²) in [4.78, 5) is 5.04. The Labute approximate surface area is 115 Å². The topological polar surface area (TPSA) is 56.2 Å². The van der Waals surface area contributed by atoms with E-state index in [2.05, 4.69) is 55.1 Å². The van der Waals surface area contributed by atoms with Gasteiger partial charge in [0, 0.05) is 5.56 Å². The van der Waals surface area contributed by atoms with Crippen LogP contribution >= 0.6 is 11.3 Å². The van der Waals surface area contributed by atoms with Gasteiger partial charge in [0.05, 0.1) is 6.20 Å². The van der Waals surface area contributed by atoms with E-state index in [1.165, 1.54) is 5.56 Å². The molecule has 3 aromatic rings. The number of nitrogens with two attached hydrogens (primary N) is 1. The molecule has 0 amide bonds. The van der Waals surface area contributed by atoms with Crippen molar-refractivity contribution in [3.63, 3.8) is 0 Å². The van der Waals surface area contributed by atoms with Gasteiger partial charge in [0.25, 0.3) is 0 Å². The zero-order chi connectivity index (χ0) is 13.6. The number of fused-ring (bicyclic) bond motifs is 1. The number of rotatable bonds is 1. The minimum absolute atomic E-state index is 0.171. The van der Waals surface area contributed by atoms with E-state index in [0.717, 1.165) is 15.5 Å². The van der Waals surface area contributed by atoms with E-state index in [0.29, 0.717) is 5.82 Å². The van der Waals surface area contributed by atoms with Crippen molar-refractivity contribution in [1.82, 2.24) is 14.6 Å². The molecule has 0 saturated carbocycles. The van der Waals surface area contributed by atoms with Crippen molar-refractivity contribution in [2.75, 3.05) is 5.73 Å². The third-order valence-corrected chi connectivity index (χ3v) is 4.03. The van der Waals surface area contributed by atoms with Gasteiger partial charge in [-0.05, 0) is 11.0 Å². The highest BCUT2D eigenvalue weighted by Gasteiger charge is 2.14. The Balaban J connectivity index is 1.99. The molecule has 0 aliphatic rings. The van der Waals surface area contributed by atoms with Crippen LogP contribution in [0.2, 0.25) is 0 Å². The Morgan fingerprint density at radius 2 is 1.84 bits per heavy atom. The van der Waals surface area contributed by atoms with Crippen LogP contribution in [0, 0.1) is 0 Å². The van der Waals surface area contributed by atoms with E-state index in [-0.39, 0.29) is 5.41 Å². The standard InChI is InChI=1S/C14H16N4S/c1-14(2,3)10-6-4-9(5-7-10)12-17-18-8-11(15)16-13(18)19-12/h4-8H,15H2,1-3H3. The smallest absolute Gasteiger partial charge is 0.214 e. The molecule has 0 unspecified atom stereocenters. The molecule has 2 aromatic heterocycles. The lowest BCUT2D eigenvalue weighted by atomic mass is 9.87. The lowest BCUT2D eigenvalue weighted by molar-refractivity contribution is 0.590. The molecular weight excluding hydrogens is 256 g/mol. The summed E-state index contributed by atoms with van der Waals surface area (Å²) in [5.41, 5.74) is 8.23. The lowest BCUT2D eigenvalue weighted by Crippen LogP contribution is -2.10. The highest BCUT2D eigenvalue weighted by atomic mass is 32.1. The fourth-order valence-electron chi connectivity index (χ4n) is 1.95. The molecule has 0 aliphatic heterocycles. The molecule has 0 aliphatic carbocycles. The van der Waals surface area contributed by atoms with Gasteiger partial charge in [0.15, 0.2) is 0 Å². The minimum atomic E-state index is 0.171. The van der Waals surface area contributed by atoms with Crippen molar-refractivity contribution in [3.05, 3.63) is 36.0 Å². The average Bonchev–Trinajstić information content (AvgIpc) is 2.85. The van der Waals surface area contributed by atoms with Gasteiger partial charge >= 0.3 is 0 Å². The fraction of sp³-hybridized carbons (Fsp3) is 0.286. The minimum Gasteiger partial charge on any atom is -0.382 e. The predicted molar refractivity (Wildman–Crippen MR) is 79.4 cm³/mol. The maximum Gasteiger partial charge on any atom is 0.214 e. The fourth-order valence-corrected chi connectivity index (χ4v) is 2.84. The van der Waals surface area contributed by atoms with Crippen LogP contribution in [0.15, 0.2) is 30.5 Å². The third-order valence-electron chi connectivity index (χ3n) is 3.06. The second kappa shape index (κ2) is 4.06. The van der Waals surface area contributed by atoms with E-state index in [1.807, 2.05) is 0 Å². The maximum absolute atomic E-state index is 5.63. The summed E-state index contributed by atoms with van der Waals surface area (Å²) >= 11 is 1.55. The first kappa shape index (κ1) is 12.2. The average molecular weight is 272 g/mol. The van der Waals surface area contributed by atoms with Gasteiger partial charge < -0.3 is 5.73 Å². The van der Waals surface area contributed by atoms with Gasteiger partial charge in [-0.25, -0.2) is 9.50 Å². The Bertz CT molecular complexity index is 685. The monoisotopic (exact) mass is 272 g/mol. The summed E-state index contributed by atoms with van der Waals surface area (Å²) in [6.45, 7) is 6.63. The number of nitrogen functional groups attached to an aromatic ring is 1. The van der Waals surface area contributed by atoms with Gasteiger partial charge in [-0.15, -0.1) is 0 Å². The van der Waals surface area contributed by atoms with Crippen molar-refractivity contribution in [3.8, 4) is 10.6 Å². The van der Waals surface area contributed by atoms with Gasteiger partial charge in [0.1, 0.15) is 10.8 Å². The number of anilines is 1. The normalized spacial score (nSPS) is 12.2. The molecule has 3 rings (SSSR count). The summed E-state index contributed by atoms with van der Waals surface area (Å²) < 4.78 is 1.73. The van der Waals surface area contributed by atoms with Crippen molar-refractivity contribution in [2.45, 2.75) is 26.2 Å². The first-order valence-corrected chi connectivity index (χ1v) is 6.98. The third kappa shape index (κ3) is 2.21. The Kier molecular flexibility index (Phi) is 2.60. The number of imidazole rings is 1. The highest BCUT2D eigenvalue weighted by molar-refractivity contribution is 7.19. The van der Waals surface area contributed by atoms with E-state index in [1.54, 1.807) is 22.0 Å². The van der Waals surface area contributed by atoms with Gasteiger partial charge in [0.2, 0.25) is 4.96 Å². The summed E-state index contributed by atoms with van der Waals surface area (Å²) in [6, 6.07) is 8.55. The second-order valence-electron chi connectivity index (χ2n) is 5.63. The molecule has 2 heterocycles. The molecule has 19 heavy (non-hydrogen) atoms. The first-order chi connectivity index (χ1) is 8.93. The van der Waals surface area contributed by atoms with E-state index in [4.69, 9.17) is 5.73 Å². The van der Waals surface area contributed by atoms with Gasteiger partial charge in [-0.2, -0.15) is 5.10 Å². The zero-order valence-corrected chi connectivity index (χ0v) is 12.0. The van der Waals surface area contributed by atoms with Crippen LogP contribution in [0.3, 0.4) is 0 Å². The molecule has 1 aromatic carbocycles. The molecule has 98 valence electrons. The summed E-state index contributed by atoms with van der Waals surface area (Å²) in [5, 5.41) is 5.45. The first-order valence-electron chi connectivity index (χ1n) is 6.16. The predicted octanol–water partition coefficient (Wildman–Crippen LogP) is 3.34. The number of hydrogen-bond acceptors (Lipinski definition) is 4. The molecule has 0 saturated heterocycles. The number of aromatic nitrogens is 3. The van der Waals surface area contributed by atoms with Crippen LogP contribution in [0.25, 0.3) is 15.5 Å². The molecule has 0 fully saturated rings. The van der Waals surface area contributed by atoms with Crippen LogP contribution in [-0.4, -0.2) is 14.6 Å². The summed E-state index contributed by atoms with van der Waals surface area (Å²) in [7, 11) is 0. The molecule has 0 bridgehead atoms. The molecule has 0 atom stereocenters. The second-order valence-corrected chi connectivity index (χ2v) is 6.58. The molecule has 4 nitrogen and oxygen atoms in total. The summed E-state index contributed by atoms with van der Waals surface area (Å²) in [5.74, 6) is 0.508. The maximum atomic E-state index is 5.63. The Morgan fingerprint density at radius 1 is 1.16 bits per heavy atom. The lowest BCUT2D eigenvalue weighted by Gasteiger charge is -2.18. The van der Waals surface area contributed by atoms with Crippen LogP contribution in [0.1, 0.15) is 26.3 Å².